The summed E-state index contributed by atoms with van der Waals surface area (Å²) in [5, 5.41) is 10.7. The standard InChI is InChI=1S/C18H26FN5O.HI/c1-4-20-18(21-8-9-24-13-14(2)11-23-24)22-12-15(3)25-17-7-5-6-16(19)10-17;/h5-7,10-11,13,15H,4,8-9,12H2,1-3H3,(H2,20,21,22);1H. The zero-order chi connectivity index (χ0) is 18.1. The summed E-state index contributed by atoms with van der Waals surface area (Å²) in [6.07, 6.45) is 3.68. The van der Waals surface area contributed by atoms with Crippen molar-refractivity contribution in [2.75, 3.05) is 19.6 Å². The highest BCUT2D eigenvalue weighted by Gasteiger charge is 2.05. The van der Waals surface area contributed by atoms with E-state index in [0.717, 1.165) is 24.6 Å². The van der Waals surface area contributed by atoms with E-state index >= 15 is 0 Å². The van der Waals surface area contributed by atoms with Gasteiger partial charge in [0.2, 0.25) is 0 Å². The summed E-state index contributed by atoms with van der Waals surface area (Å²) in [6.45, 7) is 8.64. The molecule has 1 aromatic carbocycles. The quantitative estimate of drug-likeness (QED) is 0.350. The Labute approximate surface area is 171 Å². The first-order valence-electron chi connectivity index (χ1n) is 8.50. The van der Waals surface area contributed by atoms with Gasteiger partial charge in [0.05, 0.1) is 19.3 Å². The van der Waals surface area contributed by atoms with Crippen molar-refractivity contribution in [2.45, 2.75) is 33.4 Å². The fourth-order valence-corrected chi connectivity index (χ4v) is 2.25. The topological polar surface area (TPSA) is 63.5 Å². The Hall–Kier alpha value is -1.84. The Kier molecular flexibility index (Phi) is 10.0. The number of aromatic nitrogens is 2. The fourth-order valence-electron chi connectivity index (χ4n) is 2.25. The maximum Gasteiger partial charge on any atom is 0.191 e. The van der Waals surface area contributed by atoms with Gasteiger partial charge in [-0.25, -0.2) is 9.38 Å². The maximum atomic E-state index is 13.2. The predicted octanol–water partition coefficient (Wildman–Crippen LogP) is 2.97. The molecule has 8 heteroatoms. The van der Waals surface area contributed by atoms with Crippen LogP contribution in [0.2, 0.25) is 0 Å². The molecule has 0 bridgehead atoms. The molecule has 26 heavy (non-hydrogen) atoms. The van der Waals surface area contributed by atoms with Crippen LogP contribution in [-0.4, -0.2) is 41.5 Å². The van der Waals surface area contributed by atoms with Gasteiger partial charge in [0.25, 0.3) is 0 Å². The number of guanidine groups is 1. The van der Waals surface area contributed by atoms with E-state index in [9.17, 15) is 4.39 Å². The summed E-state index contributed by atoms with van der Waals surface area (Å²) < 4.78 is 20.8. The van der Waals surface area contributed by atoms with Crippen molar-refractivity contribution in [3.63, 3.8) is 0 Å². The molecule has 2 rings (SSSR count). The van der Waals surface area contributed by atoms with Gasteiger partial charge in [0.1, 0.15) is 17.7 Å². The highest BCUT2D eigenvalue weighted by molar-refractivity contribution is 14.0. The molecule has 0 saturated heterocycles. The average molecular weight is 475 g/mol. The number of benzene rings is 1. The van der Waals surface area contributed by atoms with E-state index in [1.807, 2.05) is 37.8 Å². The summed E-state index contributed by atoms with van der Waals surface area (Å²) in [4.78, 5) is 4.51. The molecule has 0 saturated carbocycles. The molecule has 0 spiro atoms. The Morgan fingerprint density at radius 2 is 2.19 bits per heavy atom. The second-order valence-electron chi connectivity index (χ2n) is 5.81. The van der Waals surface area contributed by atoms with Gasteiger partial charge in [-0.3, -0.25) is 4.68 Å². The van der Waals surface area contributed by atoms with Gasteiger partial charge in [0.15, 0.2) is 5.96 Å². The number of hydrogen-bond acceptors (Lipinski definition) is 3. The Balaban J connectivity index is 0.00000338. The van der Waals surface area contributed by atoms with E-state index in [1.165, 1.54) is 12.1 Å². The number of nitrogens with zero attached hydrogens (tertiary/aromatic N) is 3. The van der Waals surface area contributed by atoms with Crippen LogP contribution in [-0.2, 0) is 6.54 Å². The predicted molar refractivity (Wildman–Crippen MR) is 113 cm³/mol. The third-order valence-electron chi connectivity index (χ3n) is 3.38. The smallest absolute Gasteiger partial charge is 0.191 e. The van der Waals surface area contributed by atoms with Crippen molar-refractivity contribution in [1.29, 1.82) is 0 Å². The van der Waals surface area contributed by atoms with Gasteiger partial charge in [0, 0.05) is 25.4 Å². The minimum atomic E-state index is -0.308. The minimum Gasteiger partial charge on any atom is -0.489 e. The molecule has 0 radical (unpaired) electrons. The van der Waals surface area contributed by atoms with Crippen molar-refractivity contribution in [1.82, 2.24) is 20.4 Å². The molecule has 6 nitrogen and oxygen atoms in total. The summed E-state index contributed by atoms with van der Waals surface area (Å²) in [5.41, 5.74) is 1.14. The van der Waals surface area contributed by atoms with Crippen molar-refractivity contribution in [3.05, 3.63) is 48.0 Å². The molecule has 2 N–H and O–H groups in total. The second kappa shape index (κ2) is 11.7. The summed E-state index contributed by atoms with van der Waals surface area (Å²) >= 11 is 0. The lowest BCUT2D eigenvalue weighted by Gasteiger charge is -2.15. The zero-order valence-electron chi connectivity index (χ0n) is 15.4. The molecule has 0 aliphatic heterocycles. The Bertz CT molecular complexity index is 692. The molecule has 0 fully saturated rings. The summed E-state index contributed by atoms with van der Waals surface area (Å²) in [7, 11) is 0. The molecule has 1 unspecified atom stereocenters. The van der Waals surface area contributed by atoms with Gasteiger partial charge in [-0.2, -0.15) is 5.10 Å². The first kappa shape index (κ1) is 22.2. The number of hydrogen-bond donors (Lipinski definition) is 2. The normalized spacial score (nSPS) is 12.2. The third kappa shape index (κ3) is 8.03. The van der Waals surface area contributed by atoms with Gasteiger partial charge in [-0.05, 0) is 38.5 Å². The van der Waals surface area contributed by atoms with Crippen LogP contribution in [0.3, 0.4) is 0 Å². The lowest BCUT2D eigenvalue weighted by Crippen LogP contribution is -2.39. The lowest BCUT2D eigenvalue weighted by molar-refractivity contribution is 0.229. The zero-order valence-corrected chi connectivity index (χ0v) is 17.7. The monoisotopic (exact) mass is 475 g/mol. The Morgan fingerprint density at radius 3 is 2.85 bits per heavy atom. The van der Waals surface area contributed by atoms with Crippen LogP contribution in [0.4, 0.5) is 4.39 Å². The maximum absolute atomic E-state index is 13.2. The highest BCUT2D eigenvalue weighted by atomic mass is 127. The van der Waals surface area contributed by atoms with Crippen molar-refractivity contribution < 1.29 is 9.13 Å². The number of rotatable bonds is 8. The molecule has 0 amide bonds. The van der Waals surface area contributed by atoms with Crippen LogP contribution in [0.5, 0.6) is 5.75 Å². The van der Waals surface area contributed by atoms with E-state index in [-0.39, 0.29) is 35.9 Å². The number of halogens is 2. The van der Waals surface area contributed by atoms with E-state index in [4.69, 9.17) is 4.74 Å². The molecule has 1 aromatic heterocycles. The van der Waals surface area contributed by atoms with Crippen molar-refractivity contribution >= 4 is 29.9 Å². The summed E-state index contributed by atoms with van der Waals surface area (Å²) in [5.74, 6) is 0.924. The third-order valence-corrected chi connectivity index (χ3v) is 3.38. The van der Waals surface area contributed by atoms with Crippen LogP contribution >= 0.6 is 24.0 Å². The largest absolute Gasteiger partial charge is 0.489 e. The van der Waals surface area contributed by atoms with Crippen LogP contribution in [0, 0.1) is 12.7 Å². The number of aryl methyl sites for hydroxylation is 1. The molecule has 0 aliphatic carbocycles. The number of aliphatic imine (C=N–C) groups is 1. The molecule has 1 heterocycles. The first-order valence-corrected chi connectivity index (χ1v) is 8.50. The van der Waals surface area contributed by atoms with Crippen LogP contribution in [0.25, 0.3) is 0 Å². The van der Waals surface area contributed by atoms with E-state index < -0.39 is 0 Å². The SMILES string of the molecule is CCNC(=NCC(C)Oc1cccc(F)c1)NCCn1cc(C)cn1.I. The molecule has 1 atom stereocenters. The highest BCUT2D eigenvalue weighted by Crippen LogP contribution is 2.13. The molecule has 2 aromatic rings. The number of ether oxygens (including phenoxy) is 1. The van der Waals surface area contributed by atoms with Gasteiger partial charge < -0.3 is 15.4 Å². The van der Waals surface area contributed by atoms with E-state index in [0.29, 0.717) is 18.8 Å². The van der Waals surface area contributed by atoms with Gasteiger partial charge in [-0.1, -0.05) is 6.07 Å². The molecule has 144 valence electrons. The second-order valence-corrected chi connectivity index (χ2v) is 5.81. The summed E-state index contributed by atoms with van der Waals surface area (Å²) in [6, 6.07) is 6.13. The molecule has 0 aliphatic rings. The molecular formula is C18H27FIN5O. The molecular weight excluding hydrogens is 448 g/mol. The first-order chi connectivity index (χ1) is 12.1. The van der Waals surface area contributed by atoms with Crippen molar-refractivity contribution in [3.8, 4) is 5.75 Å². The van der Waals surface area contributed by atoms with E-state index in [1.54, 1.807) is 12.1 Å². The fraction of sp³-hybridized carbons (Fsp3) is 0.444. The number of nitrogens with one attached hydrogen (secondary N) is 2. The van der Waals surface area contributed by atoms with Crippen LogP contribution < -0.4 is 15.4 Å². The van der Waals surface area contributed by atoms with Crippen molar-refractivity contribution in [2.24, 2.45) is 4.99 Å². The Morgan fingerprint density at radius 1 is 1.38 bits per heavy atom. The van der Waals surface area contributed by atoms with Gasteiger partial charge in [-0.15, -0.1) is 24.0 Å². The average Bonchev–Trinajstić information content (AvgIpc) is 2.98. The van der Waals surface area contributed by atoms with E-state index in [2.05, 4.69) is 20.7 Å². The van der Waals surface area contributed by atoms with Gasteiger partial charge >= 0.3 is 0 Å². The van der Waals surface area contributed by atoms with Crippen LogP contribution in [0.1, 0.15) is 19.4 Å². The minimum absolute atomic E-state index is 0. The van der Waals surface area contributed by atoms with Crippen LogP contribution in [0.15, 0.2) is 41.7 Å². The lowest BCUT2D eigenvalue weighted by atomic mass is 10.3.